The molecule has 0 aliphatic rings. The summed E-state index contributed by atoms with van der Waals surface area (Å²) in [5, 5.41) is 9.66. The van der Waals surface area contributed by atoms with Gasteiger partial charge in [-0.1, -0.05) is 75.4 Å². The van der Waals surface area contributed by atoms with E-state index in [2.05, 4.69) is 26.8 Å². The lowest BCUT2D eigenvalue weighted by molar-refractivity contribution is -0.146. The van der Waals surface area contributed by atoms with Crippen LogP contribution >= 0.6 is 0 Å². The number of carbonyl (C=O) groups excluding carboxylic acids is 2. The third-order valence-electron chi connectivity index (χ3n) is 4.79. The number of hydrogen-bond acceptors (Lipinski definition) is 4. The maximum atomic E-state index is 12.8. The van der Waals surface area contributed by atoms with Crippen molar-refractivity contribution in [1.29, 1.82) is 5.26 Å². The standard InChI is InChI=1S/C24H27NO3/c1-5-28-23(27)21(16-25)20(15-22(26)18-9-7-6-8-10-18)17-11-13-19(14-12-17)24(2,3)4/h6-14,20-21H,5,15H2,1-4H3. The second-order valence-electron chi connectivity index (χ2n) is 7.83. The highest BCUT2D eigenvalue weighted by Gasteiger charge is 2.33. The molecular weight excluding hydrogens is 350 g/mol. The van der Waals surface area contributed by atoms with Crippen LogP contribution in [0.4, 0.5) is 0 Å². The molecule has 0 heterocycles. The van der Waals surface area contributed by atoms with Crippen molar-refractivity contribution >= 4 is 11.8 Å². The number of carbonyl (C=O) groups is 2. The molecule has 0 bridgehead atoms. The summed E-state index contributed by atoms with van der Waals surface area (Å²) in [4.78, 5) is 25.2. The Balaban J connectivity index is 2.39. The molecule has 0 saturated carbocycles. The topological polar surface area (TPSA) is 67.2 Å². The summed E-state index contributed by atoms with van der Waals surface area (Å²) in [7, 11) is 0. The molecule has 0 saturated heterocycles. The van der Waals surface area contributed by atoms with E-state index in [0.29, 0.717) is 5.56 Å². The molecule has 2 unspecified atom stereocenters. The largest absolute Gasteiger partial charge is 0.465 e. The van der Waals surface area contributed by atoms with Crippen molar-refractivity contribution in [2.45, 2.75) is 45.4 Å². The zero-order chi connectivity index (χ0) is 20.7. The van der Waals surface area contributed by atoms with Gasteiger partial charge < -0.3 is 4.74 Å². The summed E-state index contributed by atoms with van der Waals surface area (Å²) in [6.07, 6.45) is 0.0654. The fourth-order valence-electron chi connectivity index (χ4n) is 3.14. The molecule has 4 heteroatoms. The van der Waals surface area contributed by atoms with E-state index in [1.807, 2.05) is 30.3 Å². The Kier molecular flexibility index (Phi) is 7.12. The Morgan fingerprint density at radius 2 is 1.64 bits per heavy atom. The van der Waals surface area contributed by atoms with Crippen LogP contribution in [0, 0.1) is 17.2 Å². The van der Waals surface area contributed by atoms with Crippen molar-refractivity contribution in [2.75, 3.05) is 6.61 Å². The van der Waals surface area contributed by atoms with E-state index in [1.165, 1.54) is 0 Å². The minimum atomic E-state index is -1.03. The molecule has 0 aromatic heterocycles. The van der Waals surface area contributed by atoms with Gasteiger partial charge in [-0.15, -0.1) is 0 Å². The van der Waals surface area contributed by atoms with Crippen LogP contribution in [0.1, 0.15) is 61.5 Å². The molecule has 0 N–H and O–H groups in total. The SMILES string of the molecule is CCOC(=O)C(C#N)C(CC(=O)c1ccccc1)c1ccc(C(C)(C)C)cc1. The van der Waals surface area contributed by atoms with Gasteiger partial charge >= 0.3 is 5.97 Å². The molecule has 0 amide bonds. The van der Waals surface area contributed by atoms with Crippen LogP contribution in [0.25, 0.3) is 0 Å². The van der Waals surface area contributed by atoms with Gasteiger partial charge in [0.1, 0.15) is 0 Å². The number of rotatable bonds is 7. The number of nitriles is 1. The smallest absolute Gasteiger partial charge is 0.323 e. The van der Waals surface area contributed by atoms with E-state index in [0.717, 1.165) is 11.1 Å². The molecule has 2 atom stereocenters. The van der Waals surface area contributed by atoms with Gasteiger partial charge in [-0.05, 0) is 23.5 Å². The number of esters is 1. The van der Waals surface area contributed by atoms with Crippen molar-refractivity contribution in [2.24, 2.45) is 5.92 Å². The van der Waals surface area contributed by atoms with Gasteiger partial charge in [0.15, 0.2) is 11.7 Å². The maximum Gasteiger partial charge on any atom is 0.323 e. The van der Waals surface area contributed by atoms with E-state index in [1.54, 1.807) is 31.2 Å². The van der Waals surface area contributed by atoms with Crippen LogP contribution in [0.15, 0.2) is 54.6 Å². The Labute approximate surface area is 167 Å². The fourth-order valence-corrected chi connectivity index (χ4v) is 3.14. The highest BCUT2D eigenvalue weighted by Crippen LogP contribution is 2.32. The first kappa shape index (κ1) is 21.4. The molecule has 0 fully saturated rings. The molecule has 0 spiro atoms. The predicted molar refractivity (Wildman–Crippen MR) is 109 cm³/mol. The Morgan fingerprint density at radius 3 is 2.14 bits per heavy atom. The Morgan fingerprint density at radius 1 is 1.04 bits per heavy atom. The molecule has 4 nitrogen and oxygen atoms in total. The lowest BCUT2D eigenvalue weighted by atomic mass is 9.80. The predicted octanol–water partition coefficient (Wildman–Crippen LogP) is 5.04. The molecule has 0 aliphatic heterocycles. The maximum absolute atomic E-state index is 12.8. The minimum Gasteiger partial charge on any atom is -0.465 e. The first-order valence-corrected chi connectivity index (χ1v) is 9.52. The van der Waals surface area contributed by atoms with Crippen LogP contribution in [0.2, 0.25) is 0 Å². The minimum absolute atomic E-state index is 0.0103. The second kappa shape index (κ2) is 9.32. The first-order chi connectivity index (χ1) is 13.3. The second-order valence-corrected chi connectivity index (χ2v) is 7.83. The average molecular weight is 377 g/mol. The first-order valence-electron chi connectivity index (χ1n) is 9.52. The van der Waals surface area contributed by atoms with Crippen LogP contribution in [-0.4, -0.2) is 18.4 Å². The molecule has 2 rings (SSSR count). The zero-order valence-electron chi connectivity index (χ0n) is 16.9. The van der Waals surface area contributed by atoms with Crippen LogP contribution in [0.5, 0.6) is 0 Å². The van der Waals surface area contributed by atoms with Crippen molar-refractivity contribution in [3.8, 4) is 6.07 Å². The number of Topliss-reactive ketones (excluding diaryl/α,β-unsaturated/α-hetero) is 1. The fraction of sp³-hybridized carbons (Fsp3) is 0.375. The monoisotopic (exact) mass is 377 g/mol. The average Bonchev–Trinajstić information content (AvgIpc) is 2.68. The van der Waals surface area contributed by atoms with Gasteiger partial charge in [0.25, 0.3) is 0 Å². The number of ether oxygens (including phenoxy) is 1. The summed E-state index contributed by atoms with van der Waals surface area (Å²) < 4.78 is 5.09. The summed E-state index contributed by atoms with van der Waals surface area (Å²) in [5.41, 5.74) is 2.49. The summed E-state index contributed by atoms with van der Waals surface area (Å²) in [6, 6.07) is 18.8. The van der Waals surface area contributed by atoms with Gasteiger partial charge in [-0.3, -0.25) is 9.59 Å². The number of ketones is 1. The van der Waals surface area contributed by atoms with Crippen molar-refractivity contribution in [1.82, 2.24) is 0 Å². The van der Waals surface area contributed by atoms with Crippen molar-refractivity contribution < 1.29 is 14.3 Å². The van der Waals surface area contributed by atoms with Crippen LogP contribution in [0.3, 0.4) is 0 Å². The van der Waals surface area contributed by atoms with E-state index >= 15 is 0 Å². The molecule has 2 aromatic rings. The molecule has 0 radical (unpaired) electrons. The number of nitrogens with zero attached hydrogens (tertiary/aromatic N) is 1. The van der Waals surface area contributed by atoms with Crippen molar-refractivity contribution in [3.05, 3.63) is 71.3 Å². The van der Waals surface area contributed by atoms with Gasteiger partial charge in [-0.25, -0.2) is 0 Å². The normalized spacial score (nSPS) is 13.2. The lowest BCUT2D eigenvalue weighted by Crippen LogP contribution is -2.25. The third kappa shape index (κ3) is 5.29. The van der Waals surface area contributed by atoms with Crippen LogP contribution in [-0.2, 0) is 14.9 Å². The van der Waals surface area contributed by atoms with E-state index < -0.39 is 17.8 Å². The summed E-state index contributed by atoms with van der Waals surface area (Å²) in [5.74, 6) is -2.29. The summed E-state index contributed by atoms with van der Waals surface area (Å²) >= 11 is 0. The molecule has 146 valence electrons. The van der Waals surface area contributed by atoms with E-state index in [4.69, 9.17) is 4.74 Å². The summed E-state index contributed by atoms with van der Waals surface area (Å²) in [6.45, 7) is 8.26. The van der Waals surface area contributed by atoms with Gasteiger partial charge in [0.2, 0.25) is 0 Å². The van der Waals surface area contributed by atoms with Gasteiger partial charge in [0, 0.05) is 17.9 Å². The van der Waals surface area contributed by atoms with Crippen molar-refractivity contribution in [3.63, 3.8) is 0 Å². The molecule has 0 aliphatic carbocycles. The van der Waals surface area contributed by atoms with Gasteiger partial charge in [-0.2, -0.15) is 5.26 Å². The Bertz CT molecular complexity index is 842. The third-order valence-corrected chi connectivity index (χ3v) is 4.79. The highest BCUT2D eigenvalue weighted by atomic mass is 16.5. The van der Waals surface area contributed by atoms with E-state index in [9.17, 15) is 14.9 Å². The quantitative estimate of drug-likeness (QED) is 0.500. The van der Waals surface area contributed by atoms with Gasteiger partial charge in [0.05, 0.1) is 12.7 Å². The zero-order valence-corrected chi connectivity index (χ0v) is 16.9. The molecule has 28 heavy (non-hydrogen) atoms. The van der Waals surface area contributed by atoms with Crippen LogP contribution < -0.4 is 0 Å². The number of benzene rings is 2. The highest BCUT2D eigenvalue weighted by molar-refractivity contribution is 5.97. The lowest BCUT2D eigenvalue weighted by Gasteiger charge is -2.23. The number of hydrogen-bond donors (Lipinski definition) is 0. The Hall–Kier alpha value is -2.93. The van der Waals surface area contributed by atoms with E-state index in [-0.39, 0.29) is 24.2 Å². The molecule has 2 aromatic carbocycles. The molecular formula is C24H27NO3.